The van der Waals surface area contributed by atoms with Gasteiger partial charge in [-0.05, 0) is 44.0 Å². The van der Waals surface area contributed by atoms with Crippen molar-refractivity contribution in [1.29, 1.82) is 0 Å². The lowest BCUT2D eigenvalue weighted by Crippen LogP contribution is -2.04. The number of nitrogens with two attached hydrogens (primary N) is 1. The minimum Gasteiger partial charge on any atom is -0.366 e. The molecule has 2 N–H and O–H groups in total. The van der Waals surface area contributed by atoms with Crippen LogP contribution < -0.4 is 5.73 Å². The zero-order valence-corrected chi connectivity index (χ0v) is 9.87. The lowest BCUT2D eigenvalue weighted by atomic mass is 10.4. The van der Waals surface area contributed by atoms with Gasteiger partial charge in [0.25, 0.3) is 0 Å². The van der Waals surface area contributed by atoms with Gasteiger partial charge in [0.15, 0.2) is 0 Å². The van der Waals surface area contributed by atoms with Crippen molar-refractivity contribution in [2.45, 2.75) is 0 Å². The Morgan fingerprint density at radius 2 is 2.25 bits per heavy atom. The predicted octanol–water partition coefficient (Wildman–Crippen LogP) is 2.77. The first-order valence-corrected chi connectivity index (χ1v) is 5.42. The first-order valence-electron chi connectivity index (χ1n) is 3.02. The number of primary amides is 1. The molecule has 0 atom stereocenters. The van der Waals surface area contributed by atoms with Crippen LogP contribution in [0.1, 0.15) is 4.88 Å². The van der Waals surface area contributed by atoms with Crippen molar-refractivity contribution in [2.24, 2.45) is 5.73 Å². The molecule has 0 aliphatic heterocycles. The maximum Gasteiger partial charge on any atom is 0.241 e. The van der Waals surface area contributed by atoms with E-state index in [1.807, 2.05) is 6.07 Å². The second-order valence-electron chi connectivity index (χ2n) is 2.01. The molecule has 64 valence electrons. The monoisotopic (exact) mass is 309 g/mol. The van der Waals surface area contributed by atoms with Gasteiger partial charge in [-0.15, -0.1) is 11.3 Å². The van der Waals surface area contributed by atoms with Gasteiger partial charge in [0.1, 0.15) is 0 Å². The highest BCUT2D eigenvalue weighted by Gasteiger charge is 2.00. The van der Waals surface area contributed by atoms with Crippen LogP contribution in [-0.2, 0) is 4.79 Å². The quantitative estimate of drug-likeness (QED) is 0.839. The third kappa shape index (κ3) is 2.73. The first-order chi connectivity index (χ1) is 5.59. The zero-order valence-electron chi connectivity index (χ0n) is 5.88. The van der Waals surface area contributed by atoms with Gasteiger partial charge in [-0.2, -0.15) is 0 Å². The average Bonchev–Trinajstić information content (AvgIpc) is 2.28. The Hall–Kier alpha value is -0.130. The summed E-state index contributed by atoms with van der Waals surface area (Å²) in [5, 5.41) is 0. The Balaban J connectivity index is 2.83. The number of carbonyl (C=O) groups is 1. The van der Waals surface area contributed by atoms with E-state index in [1.54, 1.807) is 6.08 Å². The van der Waals surface area contributed by atoms with Gasteiger partial charge in [0, 0.05) is 15.4 Å². The second kappa shape index (κ2) is 4.20. The third-order valence-corrected chi connectivity index (χ3v) is 4.30. The van der Waals surface area contributed by atoms with Gasteiger partial charge in [-0.1, -0.05) is 0 Å². The van der Waals surface area contributed by atoms with E-state index >= 15 is 0 Å². The fourth-order valence-corrected chi connectivity index (χ4v) is 2.60. The van der Waals surface area contributed by atoms with Crippen LogP contribution in [0.25, 0.3) is 6.08 Å². The second-order valence-corrected chi connectivity index (χ2v) is 5.26. The Morgan fingerprint density at radius 1 is 1.58 bits per heavy atom. The topological polar surface area (TPSA) is 43.1 Å². The fourth-order valence-electron chi connectivity index (χ4n) is 0.610. The molecule has 5 heteroatoms. The molecule has 0 aromatic carbocycles. The summed E-state index contributed by atoms with van der Waals surface area (Å²) in [7, 11) is 0. The number of hydrogen-bond donors (Lipinski definition) is 1. The summed E-state index contributed by atoms with van der Waals surface area (Å²) in [5.74, 6) is -0.435. The van der Waals surface area contributed by atoms with Crippen molar-refractivity contribution in [3.05, 3.63) is 25.3 Å². The minimum atomic E-state index is -0.435. The van der Waals surface area contributed by atoms with Crippen molar-refractivity contribution in [3.8, 4) is 0 Å². The summed E-state index contributed by atoms with van der Waals surface area (Å²) in [6, 6.07) is 1.91. The van der Waals surface area contributed by atoms with Gasteiger partial charge < -0.3 is 5.73 Å². The molecule has 0 aliphatic carbocycles. The van der Waals surface area contributed by atoms with Crippen LogP contribution in [0, 0.1) is 0 Å². The summed E-state index contributed by atoms with van der Waals surface area (Å²) < 4.78 is 1.99. The van der Waals surface area contributed by atoms with E-state index in [4.69, 9.17) is 5.73 Å². The van der Waals surface area contributed by atoms with Crippen LogP contribution >= 0.6 is 43.2 Å². The standard InChI is InChI=1S/C7H5Br2NOS/c8-5-3-4(12-7(5)9)1-2-6(10)11/h1-3H,(H2,10,11). The maximum absolute atomic E-state index is 10.4. The van der Waals surface area contributed by atoms with E-state index in [9.17, 15) is 4.79 Å². The van der Waals surface area contributed by atoms with Crippen molar-refractivity contribution in [1.82, 2.24) is 0 Å². The Kier molecular flexibility index (Phi) is 3.49. The summed E-state index contributed by atoms with van der Waals surface area (Å²) in [5.41, 5.74) is 4.94. The molecule has 1 aromatic heterocycles. The number of halogens is 2. The Bertz CT molecular complexity index is 313. The number of rotatable bonds is 2. The normalized spacial score (nSPS) is 10.8. The van der Waals surface area contributed by atoms with E-state index in [1.165, 1.54) is 17.4 Å². The maximum atomic E-state index is 10.4. The molecule has 0 bridgehead atoms. The highest BCUT2D eigenvalue weighted by molar-refractivity contribution is 9.13. The average molecular weight is 311 g/mol. The SMILES string of the molecule is NC(=O)C=Cc1cc(Br)c(Br)s1. The van der Waals surface area contributed by atoms with Crippen molar-refractivity contribution < 1.29 is 4.79 Å². The molecule has 0 aliphatic rings. The molecular weight excluding hydrogens is 306 g/mol. The van der Waals surface area contributed by atoms with Gasteiger partial charge in [0.2, 0.25) is 5.91 Å². The van der Waals surface area contributed by atoms with Crippen LogP contribution in [0.2, 0.25) is 0 Å². The molecule has 0 radical (unpaired) electrons. The number of hydrogen-bond acceptors (Lipinski definition) is 2. The highest BCUT2D eigenvalue weighted by atomic mass is 79.9. The molecule has 1 aromatic rings. The van der Waals surface area contributed by atoms with E-state index in [0.29, 0.717) is 0 Å². The number of carbonyl (C=O) groups excluding carboxylic acids is 1. The molecule has 0 saturated carbocycles. The fraction of sp³-hybridized carbons (Fsp3) is 0. The molecule has 2 nitrogen and oxygen atoms in total. The molecule has 0 saturated heterocycles. The van der Waals surface area contributed by atoms with Gasteiger partial charge in [-0.25, -0.2) is 0 Å². The van der Waals surface area contributed by atoms with Crippen LogP contribution in [0.15, 0.2) is 20.4 Å². The Labute approximate surface area is 90.7 Å². The summed E-state index contributed by atoms with van der Waals surface area (Å²) in [6.45, 7) is 0. The van der Waals surface area contributed by atoms with Crippen molar-refractivity contribution >= 4 is 55.2 Å². The summed E-state index contributed by atoms with van der Waals surface area (Å²) in [4.78, 5) is 11.4. The van der Waals surface area contributed by atoms with Crippen LogP contribution in [0.4, 0.5) is 0 Å². The van der Waals surface area contributed by atoms with Gasteiger partial charge in [-0.3, -0.25) is 4.79 Å². The first kappa shape index (κ1) is 9.95. The minimum absolute atomic E-state index is 0.435. The van der Waals surface area contributed by atoms with Gasteiger partial charge in [0.05, 0.1) is 3.79 Å². The smallest absolute Gasteiger partial charge is 0.241 e. The van der Waals surface area contributed by atoms with Crippen LogP contribution in [0.5, 0.6) is 0 Å². The molecule has 0 unspecified atom stereocenters. The highest BCUT2D eigenvalue weighted by Crippen LogP contribution is 2.32. The van der Waals surface area contributed by atoms with Crippen LogP contribution in [0.3, 0.4) is 0 Å². The lowest BCUT2D eigenvalue weighted by Gasteiger charge is -1.80. The van der Waals surface area contributed by atoms with E-state index < -0.39 is 5.91 Å². The van der Waals surface area contributed by atoms with E-state index in [0.717, 1.165) is 13.1 Å². The largest absolute Gasteiger partial charge is 0.366 e. The van der Waals surface area contributed by atoms with Crippen molar-refractivity contribution in [2.75, 3.05) is 0 Å². The summed E-state index contributed by atoms with van der Waals surface area (Å²) in [6.07, 6.45) is 3.02. The molecule has 1 amide bonds. The van der Waals surface area contributed by atoms with E-state index in [2.05, 4.69) is 31.9 Å². The lowest BCUT2D eigenvalue weighted by molar-refractivity contribution is -0.113. The molecule has 0 fully saturated rings. The molecular formula is C7H5Br2NOS. The number of thiophene rings is 1. The van der Waals surface area contributed by atoms with Crippen molar-refractivity contribution in [3.63, 3.8) is 0 Å². The molecule has 0 spiro atoms. The van der Waals surface area contributed by atoms with Gasteiger partial charge >= 0.3 is 0 Å². The molecule has 1 rings (SSSR count). The third-order valence-electron chi connectivity index (χ3n) is 1.08. The zero-order chi connectivity index (χ0) is 9.14. The number of amides is 1. The predicted molar refractivity (Wildman–Crippen MR) is 57.9 cm³/mol. The molecule has 12 heavy (non-hydrogen) atoms. The molecule has 1 heterocycles. The Morgan fingerprint density at radius 3 is 2.67 bits per heavy atom. The van der Waals surface area contributed by atoms with E-state index in [-0.39, 0.29) is 0 Å². The van der Waals surface area contributed by atoms with Crippen LogP contribution in [-0.4, -0.2) is 5.91 Å². The summed E-state index contributed by atoms with van der Waals surface area (Å²) >= 11 is 8.21.